The van der Waals surface area contributed by atoms with Crippen LogP contribution < -0.4 is 5.32 Å². The number of hydrogen-bond acceptors (Lipinski definition) is 3. The molecule has 3 rings (SSSR count). The largest absolute Gasteiger partial charge is 0.307 e. The van der Waals surface area contributed by atoms with E-state index in [2.05, 4.69) is 10.4 Å². The number of nitrogens with zero attached hydrogens (tertiary/aromatic N) is 3. The van der Waals surface area contributed by atoms with E-state index in [9.17, 15) is 4.79 Å². The molecule has 0 saturated heterocycles. The van der Waals surface area contributed by atoms with Gasteiger partial charge in [-0.2, -0.15) is 10.4 Å². The molecule has 3 aromatic rings. The lowest BCUT2D eigenvalue weighted by atomic mass is 10.1. The Kier molecular flexibility index (Phi) is 4.16. The maximum atomic E-state index is 12.3. The van der Waals surface area contributed by atoms with Crippen LogP contribution in [0.4, 0.5) is 5.82 Å². The van der Waals surface area contributed by atoms with Gasteiger partial charge in [-0.15, -0.1) is 0 Å². The Morgan fingerprint density at radius 1 is 1.09 bits per heavy atom. The van der Waals surface area contributed by atoms with E-state index in [1.165, 1.54) is 0 Å². The van der Waals surface area contributed by atoms with Crippen molar-refractivity contribution in [3.8, 4) is 6.07 Å². The van der Waals surface area contributed by atoms with Gasteiger partial charge < -0.3 is 5.32 Å². The van der Waals surface area contributed by atoms with Crippen molar-refractivity contribution in [2.45, 2.75) is 6.54 Å². The van der Waals surface area contributed by atoms with E-state index in [-0.39, 0.29) is 5.91 Å². The Hall–Kier alpha value is -3.39. The zero-order valence-corrected chi connectivity index (χ0v) is 12.3. The highest BCUT2D eigenvalue weighted by Gasteiger charge is 2.10. The number of anilines is 1. The summed E-state index contributed by atoms with van der Waals surface area (Å²) in [4.78, 5) is 12.3. The number of aromatic nitrogens is 2. The van der Waals surface area contributed by atoms with E-state index in [1.807, 2.05) is 36.4 Å². The van der Waals surface area contributed by atoms with Gasteiger partial charge in [-0.3, -0.25) is 4.79 Å². The number of carbonyl (C=O) groups is 1. The highest BCUT2D eigenvalue weighted by Crippen LogP contribution is 2.12. The quantitative estimate of drug-likeness (QED) is 0.805. The SMILES string of the molecule is N#Cc1ccc(C(=O)Nc2ccnn2Cc2ccccc2)cc1. The molecule has 0 aliphatic rings. The molecular weight excluding hydrogens is 288 g/mol. The van der Waals surface area contributed by atoms with Gasteiger partial charge in [0.15, 0.2) is 0 Å². The van der Waals surface area contributed by atoms with Gasteiger partial charge in [0.25, 0.3) is 5.91 Å². The summed E-state index contributed by atoms with van der Waals surface area (Å²) in [6.45, 7) is 0.580. The van der Waals surface area contributed by atoms with E-state index in [0.29, 0.717) is 23.5 Å². The molecule has 5 heteroatoms. The number of benzene rings is 2. The van der Waals surface area contributed by atoms with Crippen LogP contribution in [0.3, 0.4) is 0 Å². The fourth-order valence-electron chi connectivity index (χ4n) is 2.21. The molecule has 0 fully saturated rings. The van der Waals surface area contributed by atoms with Crippen molar-refractivity contribution in [1.29, 1.82) is 5.26 Å². The highest BCUT2D eigenvalue weighted by atomic mass is 16.1. The minimum Gasteiger partial charge on any atom is -0.307 e. The van der Waals surface area contributed by atoms with Crippen molar-refractivity contribution >= 4 is 11.7 Å². The molecule has 23 heavy (non-hydrogen) atoms. The Morgan fingerprint density at radius 3 is 2.52 bits per heavy atom. The van der Waals surface area contributed by atoms with Crippen LogP contribution in [0.15, 0.2) is 66.9 Å². The third-order valence-corrected chi connectivity index (χ3v) is 3.41. The topological polar surface area (TPSA) is 70.7 Å². The number of carbonyl (C=O) groups excluding carboxylic acids is 1. The minimum atomic E-state index is -0.232. The molecule has 0 aliphatic heterocycles. The highest BCUT2D eigenvalue weighted by molar-refractivity contribution is 6.03. The Balaban J connectivity index is 1.74. The molecule has 0 unspecified atom stereocenters. The number of nitriles is 1. The minimum absolute atomic E-state index is 0.232. The van der Waals surface area contributed by atoms with Gasteiger partial charge >= 0.3 is 0 Å². The lowest BCUT2D eigenvalue weighted by Gasteiger charge is -2.09. The molecule has 2 aromatic carbocycles. The van der Waals surface area contributed by atoms with Gasteiger partial charge in [-0.25, -0.2) is 4.68 Å². The van der Waals surface area contributed by atoms with Crippen LogP contribution in [-0.2, 0) is 6.54 Å². The molecular formula is C18H14N4O. The maximum absolute atomic E-state index is 12.3. The van der Waals surface area contributed by atoms with Crippen LogP contribution in [0.1, 0.15) is 21.5 Å². The third-order valence-electron chi connectivity index (χ3n) is 3.41. The Bertz CT molecular complexity index is 845. The molecule has 0 atom stereocenters. The summed E-state index contributed by atoms with van der Waals surface area (Å²) in [5.41, 5.74) is 2.12. The first-order valence-electron chi connectivity index (χ1n) is 7.13. The zero-order valence-electron chi connectivity index (χ0n) is 12.3. The van der Waals surface area contributed by atoms with Crippen LogP contribution in [0, 0.1) is 11.3 Å². The monoisotopic (exact) mass is 302 g/mol. The molecule has 0 spiro atoms. The standard InChI is InChI=1S/C18H14N4O/c19-12-14-6-8-16(9-7-14)18(23)21-17-10-11-20-22(17)13-15-4-2-1-3-5-15/h1-11H,13H2,(H,21,23). The van der Waals surface area contributed by atoms with Crippen LogP contribution in [0.2, 0.25) is 0 Å². The van der Waals surface area contributed by atoms with Crippen molar-refractivity contribution in [2.75, 3.05) is 5.32 Å². The second kappa shape index (κ2) is 6.58. The van der Waals surface area contributed by atoms with Crippen molar-refractivity contribution in [3.05, 3.63) is 83.6 Å². The van der Waals surface area contributed by atoms with Crippen molar-refractivity contribution in [3.63, 3.8) is 0 Å². The van der Waals surface area contributed by atoms with Crippen molar-refractivity contribution in [1.82, 2.24) is 9.78 Å². The third kappa shape index (κ3) is 3.44. The lowest BCUT2D eigenvalue weighted by molar-refractivity contribution is 0.102. The second-order valence-electron chi connectivity index (χ2n) is 5.00. The van der Waals surface area contributed by atoms with Crippen molar-refractivity contribution in [2.24, 2.45) is 0 Å². The number of nitrogens with one attached hydrogen (secondary N) is 1. The molecule has 1 N–H and O–H groups in total. The summed E-state index contributed by atoms with van der Waals surface area (Å²) in [5, 5.41) is 15.9. The average Bonchev–Trinajstić information content (AvgIpc) is 3.02. The van der Waals surface area contributed by atoms with Crippen LogP contribution in [0.5, 0.6) is 0 Å². The smallest absolute Gasteiger partial charge is 0.256 e. The molecule has 1 heterocycles. The fourth-order valence-corrected chi connectivity index (χ4v) is 2.21. The fraction of sp³-hybridized carbons (Fsp3) is 0.0556. The summed E-state index contributed by atoms with van der Waals surface area (Å²) in [7, 11) is 0. The van der Waals surface area contributed by atoms with Crippen LogP contribution in [-0.4, -0.2) is 15.7 Å². The molecule has 1 amide bonds. The van der Waals surface area contributed by atoms with Crippen LogP contribution >= 0.6 is 0 Å². The summed E-state index contributed by atoms with van der Waals surface area (Å²) in [5.74, 6) is 0.396. The van der Waals surface area contributed by atoms with E-state index in [0.717, 1.165) is 5.56 Å². The first kappa shape index (κ1) is 14.5. The predicted octanol–water partition coefficient (Wildman–Crippen LogP) is 3.06. The first-order valence-corrected chi connectivity index (χ1v) is 7.13. The van der Waals surface area contributed by atoms with E-state index in [4.69, 9.17) is 5.26 Å². The molecule has 0 saturated carbocycles. The summed E-state index contributed by atoms with van der Waals surface area (Å²) in [6, 6.07) is 20.2. The van der Waals surface area contributed by atoms with E-state index < -0.39 is 0 Å². The lowest BCUT2D eigenvalue weighted by Crippen LogP contribution is -2.16. The van der Waals surface area contributed by atoms with Crippen molar-refractivity contribution < 1.29 is 4.79 Å². The van der Waals surface area contributed by atoms with Gasteiger partial charge in [0, 0.05) is 11.6 Å². The second-order valence-corrected chi connectivity index (χ2v) is 5.00. The number of rotatable bonds is 4. The van der Waals surface area contributed by atoms with Gasteiger partial charge in [-0.05, 0) is 29.8 Å². The molecule has 112 valence electrons. The molecule has 0 bridgehead atoms. The summed E-state index contributed by atoms with van der Waals surface area (Å²) < 4.78 is 1.73. The molecule has 1 aromatic heterocycles. The molecule has 0 aliphatic carbocycles. The van der Waals surface area contributed by atoms with E-state index in [1.54, 1.807) is 41.2 Å². The van der Waals surface area contributed by atoms with Gasteiger partial charge in [-0.1, -0.05) is 30.3 Å². The van der Waals surface area contributed by atoms with Crippen LogP contribution in [0.25, 0.3) is 0 Å². The number of hydrogen-bond donors (Lipinski definition) is 1. The normalized spacial score (nSPS) is 10.0. The van der Waals surface area contributed by atoms with Gasteiger partial charge in [0.05, 0.1) is 24.4 Å². The van der Waals surface area contributed by atoms with Gasteiger partial charge in [0.1, 0.15) is 5.82 Å². The predicted molar refractivity (Wildman–Crippen MR) is 86.9 cm³/mol. The Morgan fingerprint density at radius 2 is 1.83 bits per heavy atom. The molecule has 5 nitrogen and oxygen atoms in total. The molecule has 0 radical (unpaired) electrons. The average molecular weight is 302 g/mol. The first-order chi connectivity index (χ1) is 11.3. The number of amides is 1. The van der Waals surface area contributed by atoms with Gasteiger partial charge in [0.2, 0.25) is 0 Å². The zero-order chi connectivity index (χ0) is 16.1. The maximum Gasteiger partial charge on any atom is 0.256 e. The Labute approximate surface area is 133 Å². The van der Waals surface area contributed by atoms with E-state index >= 15 is 0 Å². The summed E-state index contributed by atoms with van der Waals surface area (Å²) in [6.07, 6.45) is 1.65. The summed E-state index contributed by atoms with van der Waals surface area (Å²) >= 11 is 0.